The maximum absolute atomic E-state index is 13.6. The van der Waals surface area contributed by atoms with E-state index >= 15 is 0 Å². The topological polar surface area (TPSA) is 65.1 Å². The van der Waals surface area contributed by atoms with E-state index in [4.69, 9.17) is 25.8 Å². The van der Waals surface area contributed by atoms with Crippen LogP contribution in [0.25, 0.3) is 0 Å². The minimum Gasteiger partial charge on any atom is -0.496 e. The Labute approximate surface area is 199 Å². The fourth-order valence-corrected chi connectivity index (χ4v) is 5.02. The zero-order chi connectivity index (χ0) is 23.9. The fraction of sp³-hybridized carbons (Fsp3) is 0.385. The van der Waals surface area contributed by atoms with Gasteiger partial charge in [-0.25, -0.2) is 0 Å². The van der Waals surface area contributed by atoms with E-state index in [1.54, 1.807) is 44.4 Å². The molecule has 6 nitrogen and oxygen atoms in total. The van der Waals surface area contributed by atoms with Gasteiger partial charge in [0.2, 0.25) is 5.91 Å². The highest BCUT2D eigenvalue weighted by Gasteiger charge is 2.45. The van der Waals surface area contributed by atoms with E-state index in [9.17, 15) is 9.59 Å². The Hall–Kier alpha value is -2.99. The highest BCUT2D eigenvalue weighted by atomic mass is 35.5. The summed E-state index contributed by atoms with van der Waals surface area (Å²) in [6, 6.07) is 10.7. The second-order valence-corrected chi connectivity index (χ2v) is 9.65. The molecule has 1 heterocycles. The lowest BCUT2D eigenvalue weighted by molar-refractivity contribution is -0.121. The molecule has 0 aromatic heterocycles. The number of rotatable bonds is 5. The third kappa shape index (κ3) is 4.20. The van der Waals surface area contributed by atoms with Crippen molar-refractivity contribution in [1.29, 1.82) is 0 Å². The zero-order valence-corrected chi connectivity index (χ0v) is 20.3. The minimum atomic E-state index is -0.436. The number of hydrogen-bond acceptors (Lipinski definition) is 5. The smallest absolute Gasteiger partial charge is 0.232 e. The van der Waals surface area contributed by atoms with Crippen LogP contribution >= 0.6 is 11.6 Å². The molecule has 33 heavy (non-hydrogen) atoms. The molecule has 2 aromatic rings. The Morgan fingerprint density at radius 3 is 2.12 bits per heavy atom. The Balaban J connectivity index is 1.93. The normalized spacial score (nSPS) is 19.9. The molecule has 0 spiro atoms. The summed E-state index contributed by atoms with van der Waals surface area (Å²) >= 11 is 6.08. The average Bonchev–Trinajstić information content (AvgIpc) is 2.77. The van der Waals surface area contributed by atoms with Crippen LogP contribution in [0.3, 0.4) is 0 Å². The molecule has 0 saturated carbocycles. The maximum atomic E-state index is 13.6. The van der Waals surface area contributed by atoms with Gasteiger partial charge in [0, 0.05) is 52.4 Å². The summed E-state index contributed by atoms with van der Waals surface area (Å²) in [5.74, 6) is 1.13. The van der Waals surface area contributed by atoms with Crippen molar-refractivity contribution in [3.05, 3.63) is 58.3 Å². The number of allylic oxidation sites excluding steroid dienone is 2. The highest BCUT2D eigenvalue weighted by molar-refractivity contribution is 6.30. The van der Waals surface area contributed by atoms with Gasteiger partial charge >= 0.3 is 0 Å². The summed E-state index contributed by atoms with van der Waals surface area (Å²) in [4.78, 5) is 28.8. The summed E-state index contributed by atoms with van der Waals surface area (Å²) < 4.78 is 16.6. The van der Waals surface area contributed by atoms with Crippen LogP contribution in [0.1, 0.15) is 44.6 Å². The SMILES string of the molecule is COc1cc(OC)c([C@H]2CC(=O)N(c3ccc(Cl)cc3)C3=C2C(=O)CC(C)(C)C3)cc1OC. The van der Waals surface area contributed by atoms with Gasteiger partial charge in [-0.15, -0.1) is 0 Å². The predicted octanol–water partition coefficient (Wildman–Crippen LogP) is 5.53. The first kappa shape index (κ1) is 23.2. The van der Waals surface area contributed by atoms with Crippen LogP contribution in [-0.2, 0) is 9.59 Å². The molecule has 2 aromatic carbocycles. The van der Waals surface area contributed by atoms with Crippen LogP contribution in [0.15, 0.2) is 47.7 Å². The maximum Gasteiger partial charge on any atom is 0.232 e. The van der Waals surface area contributed by atoms with Crippen molar-refractivity contribution in [1.82, 2.24) is 0 Å². The number of Topliss-reactive ketones (excluding diaryl/α,β-unsaturated/α-hetero) is 1. The van der Waals surface area contributed by atoms with Crippen LogP contribution in [0, 0.1) is 5.41 Å². The van der Waals surface area contributed by atoms with E-state index in [0.717, 1.165) is 11.3 Å². The molecular weight excluding hydrogens is 442 g/mol. The quantitative estimate of drug-likeness (QED) is 0.576. The van der Waals surface area contributed by atoms with Gasteiger partial charge < -0.3 is 14.2 Å². The number of benzene rings is 2. The minimum absolute atomic E-state index is 0.0505. The van der Waals surface area contributed by atoms with Gasteiger partial charge in [0.1, 0.15) is 5.75 Å². The summed E-state index contributed by atoms with van der Waals surface area (Å²) in [5.41, 5.74) is 2.59. The number of amides is 1. The van der Waals surface area contributed by atoms with E-state index in [1.807, 2.05) is 18.2 Å². The number of halogens is 1. The zero-order valence-electron chi connectivity index (χ0n) is 19.5. The molecule has 2 aliphatic rings. The first-order valence-corrected chi connectivity index (χ1v) is 11.2. The Bertz CT molecular complexity index is 1140. The number of carbonyl (C=O) groups is 2. The molecule has 0 radical (unpaired) electrons. The predicted molar refractivity (Wildman–Crippen MR) is 127 cm³/mol. The number of carbonyl (C=O) groups excluding carboxylic acids is 2. The van der Waals surface area contributed by atoms with Gasteiger partial charge in [0.15, 0.2) is 17.3 Å². The van der Waals surface area contributed by atoms with Crippen molar-refractivity contribution in [2.75, 3.05) is 26.2 Å². The first-order valence-electron chi connectivity index (χ1n) is 10.8. The molecular formula is C26H28ClNO5. The number of ketones is 1. The molecule has 1 aliphatic carbocycles. The molecule has 174 valence electrons. The number of hydrogen-bond donors (Lipinski definition) is 0. The molecule has 0 fully saturated rings. The molecule has 7 heteroatoms. The number of anilines is 1. The van der Waals surface area contributed by atoms with Gasteiger partial charge in [-0.2, -0.15) is 0 Å². The summed E-state index contributed by atoms with van der Waals surface area (Å²) in [6.07, 6.45) is 1.16. The van der Waals surface area contributed by atoms with Gasteiger partial charge in [-0.1, -0.05) is 25.4 Å². The van der Waals surface area contributed by atoms with Crippen molar-refractivity contribution >= 4 is 29.0 Å². The van der Waals surface area contributed by atoms with E-state index in [2.05, 4.69) is 13.8 Å². The van der Waals surface area contributed by atoms with Crippen LogP contribution in [0.2, 0.25) is 5.02 Å². The van der Waals surface area contributed by atoms with Crippen molar-refractivity contribution in [3.63, 3.8) is 0 Å². The molecule has 1 atom stereocenters. The summed E-state index contributed by atoms with van der Waals surface area (Å²) in [5, 5.41) is 0.588. The number of methoxy groups -OCH3 is 3. The van der Waals surface area contributed by atoms with Gasteiger partial charge in [0.25, 0.3) is 0 Å². The first-order chi connectivity index (χ1) is 15.7. The van der Waals surface area contributed by atoms with Gasteiger partial charge in [0.05, 0.1) is 21.3 Å². The van der Waals surface area contributed by atoms with Crippen LogP contribution < -0.4 is 19.1 Å². The molecule has 0 N–H and O–H groups in total. The number of ether oxygens (including phenoxy) is 3. The summed E-state index contributed by atoms with van der Waals surface area (Å²) in [6.45, 7) is 4.11. The molecule has 0 bridgehead atoms. The molecule has 1 aliphatic heterocycles. The van der Waals surface area contributed by atoms with Crippen molar-refractivity contribution in [2.24, 2.45) is 5.41 Å². The fourth-order valence-electron chi connectivity index (χ4n) is 4.90. The van der Waals surface area contributed by atoms with Crippen LogP contribution in [-0.4, -0.2) is 33.0 Å². The second kappa shape index (κ2) is 8.75. The third-order valence-corrected chi connectivity index (χ3v) is 6.59. The van der Waals surface area contributed by atoms with Gasteiger partial charge in [-0.3, -0.25) is 14.5 Å². The molecule has 0 unspecified atom stereocenters. The molecule has 0 saturated heterocycles. The Kier molecular flexibility index (Phi) is 6.14. The van der Waals surface area contributed by atoms with E-state index in [-0.39, 0.29) is 23.5 Å². The average molecular weight is 470 g/mol. The molecule has 4 rings (SSSR count). The van der Waals surface area contributed by atoms with E-state index < -0.39 is 5.92 Å². The third-order valence-electron chi connectivity index (χ3n) is 6.34. The van der Waals surface area contributed by atoms with E-state index in [0.29, 0.717) is 46.4 Å². The second-order valence-electron chi connectivity index (χ2n) is 9.21. The lowest BCUT2D eigenvalue weighted by Gasteiger charge is -2.43. The van der Waals surface area contributed by atoms with Crippen LogP contribution in [0.4, 0.5) is 5.69 Å². The van der Waals surface area contributed by atoms with Crippen molar-refractivity contribution in [2.45, 2.75) is 39.0 Å². The van der Waals surface area contributed by atoms with Crippen molar-refractivity contribution < 1.29 is 23.8 Å². The van der Waals surface area contributed by atoms with Crippen LogP contribution in [0.5, 0.6) is 17.2 Å². The standard InChI is InChI=1S/C26H28ClNO5/c1-26(2)13-19-25(20(29)14-26)18(11-24(30)28(19)16-8-6-15(27)7-9-16)17-10-22(32-4)23(33-5)12-21(17)31-3/h6-10,12,18H,11,13-14H2,1-5H3/t18-/m1/s1. The summed E-state index contributed by atoms with van der Waals surface area (Å²) in [7, 11) is 4.68. The largest absolute Gasteiger partial charge is 0.496 e. The lowest BCUT2D eigenvalue weighted by atomic mass is 9.69. The highest BCUT2D eigenvalue weighted by Crippen LogP contribution is 2.51. The molecule has 1 amide bonds. The lowest BCUT2D eigenvalue weighted by Crippen LogP contribution is -2.43. The number of nitrogens with zero attached hydrogens (tertiary/aromatic N) is 1. The Morgan fingerprint density at radius 1 is 0.909 bits per heavy atom. The monoisotopic (exact) mass is 469 g/mol. The van der Waals surface area contributed by atoms with E-state index in [1.165, 1.54) is 0 Å². The van der Waals surface area contributed by atoms with Gasteiger partial charge in [-0.05, 0) is 42.2 Å². The Morgan fingerprint density at radius 2 is 1.52 bits per heavy atom. The van der Waals surface area contributed by atoms with Crippen molar-refractivity contribution in [3.8, 4) is 17.2 Å².